The maximum Gasteiger partial charge on any atom is 0.340 e. The van der Waals surface area contributed by atoms with Crippen LogP contribution in [0.2, 0.25) is 5.02 Å². The van der Waals surface area contributed by atoms with Gasteiger partial charge in [0, 0.05) is 26.2 Å². The van der Waals surface area contributed by atoms with Gasteiger partial charge in [0.15, 0.2) is 6.10 Å². The van der Waals surface area contributed by atoms with E-state index in [2.05, 4.69) is 10.4 Å². The summed E-state index contributed by atoms with van der Waals surface area (Å²) >= 11 is 6.03. The number of hydrogen-bond acceptors (Lipinski definition) is 6. The van der Waals surface area contributed by atoms with E-state index in [1.807, 2.05) is 13.8 Å². The highest BCUT2D eigenvalue weighted by molar-refractivity contribution is 7.89. The first-order chi connectivity index (χ1) is 13.4. The number of anilines is 1. The van der Waals surface area contributed by atoms with E-state index in [4.69, 9.17) is 16.3 Å². The number of benzene rings is 1. The quantitative estimate of drug-likeness (QED) is 0.659. The Morgan fingerprint density at radius 1 is 1.21 bits per heavy atom. The van der Waals surface area contributed by atoms with Gasteiger partial charge in [-0.2, -0.15) is 5.10 Å². The zero-order chi connectivity index (χ0) is 21.9. The molecule has 0 aliphatic heterocycles. The number of ether oxygens (including phenoxy) is 1. The van der Waals surface area contributed by atoms with Gasteiger partial charge in [-0.1, -0.05) is 11.6 Å². The maximum atomic E-state index is 12.5. The average Bonchev–Trinajstić information content (AvgIpc) is 3.09. The molecule has 1 amide bonds. The van der Waals surface area contributed by atoms with Gasteiger partial charge in [-0.25, -0.2) is 22.2 Å². The summed E-state index contributed by atoms with van der Waals surface area (Å²) in [5.41, 5.74) is -0.151. The molecule has 1 N–H and O–H groups in total. The fourth-order valence-corrected chi connectivity index (χ4v) is 3.49. The molecular weight excluding hydrogens is 420 g/mol. The minimum absolute atomic E-state index is 0.0122. The summed E-state index contributed by atoms with van der Waals surface area (Å²) in [4.78, 5) is 24.8. The Kier molecular flexibility index (Phi) is 7.04. The normalized spacial score (nSPS) is 12.8. The van der Waals surface area contributed by atoms with Gasteiger partial charge in [-0.15, -0.1) is 0 Å². The van der Waals surface area contributed by atoms with Gasteiger partial charge in [0.25, 0.3) is 5.91 Å². The van der Waals surface area contributed by atoms with Gasteiger partial charge in [0.2, 0.25) is 10.0 Å². The molecule has 0 aliphatic rings. The molecule has 2 aromatic rings. The number of nitrogens with one attached hydrogen (secondary N) is 1. The van der Waals surface area contributed by atoms with E-state index < -0.39 is 28.0 Å². The minimum atomic E-state index is -3.76. The maximum absolute atomic E-state index is 12.5. The summed E-state index contributed by atoms with van der Waals surface area (Å²) in [6.07, 6.45) is 0.395. The highest BCUT2D eigenvalue weighted by atomic mass is 35.5. The highest BCUT2D eigenvalue weighted by Gasteiger charge is 2.25. The number of esters is 1. The van der Waals surface area contributed by atoms with Crippen LogP contribution in [0, 0.1) is 0 Å². The van der Waals surface area contributed by atoms with Gasteiger partial charge >= 0.3 is 5.97 Å². The Hall–Kier alpha value is -2.43. The molecule has 1 atom stereocenters. The van der Waals surface area contributed by atoms with Crippen LogP contribution >= 0.6 is 11.6 Å². The third-order valence-corrected chi connectivity index (χ3v) is 6.14. The number of rotatable bonds is 7. The summed E-state index contributed by atoms with van der Waals surface area (Å²) in [6.45, 7) is 5.21. The van der Waals surface area contributed by atoms with E-state index in [1.165, 1.54) is 33.2 Å². The summed E-state index contributed by atoms with van der Waals surface area (Å²) in [5.74, 6) is -1.01. The first-order valence-corrected chi connectivity index (χ1v) is 10.5. The van der Waals surface area contributed by atoms with Crippen molar-refractivity contribution in [2.45, 2.75) is 37.8 Å². The van der Waals surface area contributed by atoms with Crippen molar-refractivity contribution in [3.05, 3.63) is 41.0 Å². The first kappa shape index (κ1) is 22.9. The van der Waals surface area contributed by atoms with Gasteiger partial charge in [0.1, 0.15) is 5.82 Å². The van der Waals surface area contributed by atoms with Gasteiger partial charge in [-0.3, -0.25) is 4.79 Å². The summed E-state index contributed by atoms with van der Waals surface area (Å²) < 4.78 is 32.3. The van der Waals surface area contributed by atoms with Gasteiger partial charge < -0.3 is 10.1 Å². The molecule has 0 radical (unpaired) electrons. The molecule has 158 valence electrons. The van der Waals surface area contributed by atoms with Crippen LogP contribution in [0.3, 0.4) is 0 Å². The van der Waals surface area contributed by atoms with Crippen LogP contribution in [0.15, 0.2) is 35.4 Å². The molecule has 1 aromatic heterocycles. The Labute approximate surface area is 174 Å². The molecule has 9 nitrogen and oxygen atoms in total. The number of aromatic nitrogens is 2. The standard InChI is InChI=1S/C18H23ClN4O5S/c1-11(2)23-16(8-9-20-23)21-17(24)12(3)28-18(25)14-10-13(6-7-15(14)19)29(26,27)22(4)5/h6-12H,1-5H3,(H,21,24)/t12-/m0/s1. The topological polar surface area (TPSA) is 111 Å². The van der Waals surface area contributed by atoms with Crippen molar-refractivity contribution in [2.75, 3.05) is 19.4 Å². The second-order valence-corrected chi connectivity index (χ2v) is 9.28. The number of amides is 1. The van der Waals surface area contributed by atoms with Crippen molar-refractivity contribution in [2.24, 2.45) is 0 Å². The predicted molar refractivity (Wildman–Crippen MR) is 108 cm³/mol. The fourth-order valence-electron chi connectivity index (χ4n) is 2.36. The molecule has 0 saturated carbocycles. The molecular formula is C18H23ClN4O5S. The molecule has 11 heteroatoms. The lowest BCUT2D eigenvalue weighted by Crippen LogP contribution is -2.31. The smallest absolute Gasteiger partial charge is 0.340 e. The monoisotopic (exact) mass is 442 g/mol. The van der Waals surface area contributed by atoms with E-state index >= 15 is 0 Å². The molecule has 0 saturated heterocycles. The zero-order valence-corrected chi connectivity index (χ0v) is 18.3. The molecule has 0 unspecified atom stereocenters. The van der Waals surface area contributed by atoms with E-state index in [0.29, 0.717) is 5.82 Å². The van der Waals surface area contributed by atoms with Crippen LogP contribution in [0.1, 0.15) is 37.2 Å². The summed E-state index contributed by atoms with van der Waals surface area (Å²) in [7, 11) is -1.02. The molecule has 29 heavy (non-hydrogen) atoms. The molecule has 0 spiro atoms. The molecule has 1 heterocycles. The number of hydrogen-bond donors (Lipinski definition) is 1. The van der Waals surface area contributed by atoms with Gasteiger partial charge in [-0.05, 0) is 39.0 Å². The van der Waals surface area contributed by atoms with Crippen molar-refractivity contribution in [1.82, 2.24) is 14.1 Å². The molecule has 1 aromatic carbocycles. The van der Waals surface area contributed by atoms with E-state index in [1.54, 1.807) is 16.9 Å². The number of halogens is 1. The summed E-state index contributed by atoms with van der Waals surface area (Å²) in [5, 5.41) is 6.77. The van der Waals surface area contributed by atoms with Crippen LogP contribution in [0.25, 0.3) is 0 Å². The second-order valence-electron chi connectivity index (χ2n) is 6.72. The number of nitrogens with zero attached hydrogens (tertiary/aromatic N) is 3. The lowest BCUT2D eigenvalue weighted by molar-refractivity contribution is -0.123. The van der Waals surface area contributed by atoms with Crippen molar-refractivity contribution in [3.8, 4) is 0 Å². The van der Waals surface area contributed by atoms with E-state index in [0.717, 1.165) is 10.4 Å². The number of carbonyl (C=O) groups is 2. The Morgan fingerprint density at radius 2 is 1.86 bits per heavy atom. The number of carbonyl (C=O) groups excluding carboxylic acids is 2. The molecule has 2 rings (SSSR count). The number of sulfonamides is 1. The fraction of sp³-hybridized carbons (Fsp3) is 0.389. The molecule has 0 fully saturated rings. The summed E-state index contributed by atoms with van der Waals surface area (Å²) in [6, 6.07) is 5.36. The Bertz CT molecular complexity index is 1020. The van der Waals surface area contributed by atoms with Gasteiger partial charge in [0.05, 0.1) is 21.7 Å². The lowest BCUT2D eigenvalue weighted by atomic mass is 10.2. The van der Waals surface area contributed by atoms with Crippen LogP contribution < -0.4 is 5.32 Å². The van der Waals surface area contributed by atoms with E-state index in [9.17, 15) is 18.0 Å². The van der Waals surface area contributed by atoms with Crippen LogP contribution in [0.4, 0.5) is 5.82 Å². The molecule has 0 aliphatic carbocycles. The second kappa shape index (κ2) is 8.93. The third-order valence-electron chi connectivity index (χ3n) is 4.00. The van der Waals surface area contributed by atoms with Crippen molar-refractivity contribution >= 4 is 39.3 Å². The lowest BCUT2D eigenvalue weighted by Gasteiger charge is -2.17. The largest absolute Gasteiger partial charge is 0.449 e. The van der Waals surface area contributed by atoms with Crippen molar-refractivity contribution < 1.29 is 22.7 Å². The van der Waals surface area contributed by atoms with Crippen molar-refractivity contribution in [1.29, 1.82) is 0 Å². The molecule has 0 bridgehead atoms. The minimum Gasteiger partial charge on any atom is -0.449 e. The van der Waals surface area contributed by atoms with E-state index in [-0.39, 0.29) is 21.5 Å². The Balaban J connectivity index is 2.17. The Morgan fingerprint density at radius 3 is 2.45 bits per heavy atom. The van der Waals surface area contributed by atoms with Crippen LogP contribution in [0.5, 0.6) is 0 Å². The SMILES string of the molecule is CC(C)n1nccc1NC(=O)[C@H](C)OC(=O)c1cc(S(=O)(=O)N(C)C)ccc1Cl. The zero-order valence-electron chi connectivity index (χ0n) is 16.7. The average molecular weight is 443 g/mol. The first-order valence-electron chi connectivity index (χ1n) is 8.72. The van der Waals surface area contributed by atoms with Crippen LogP contribution in [-0.2, 0) is 19.6 Å². The van der Waals surface area contributed by atoms with Crippen molar-refractivity contribution in [3.63, 3.8) is 0 Å². The predicted octanol–water partition coefficient (Wildman–Crippen LogP) is 2.55. The highest BCUT2D eigenvalue weighted by Crippen LogP contribution is 2.23. The van der Waals surface area contributed by atoms with Crippen LogP contribution in [-0.4, -0.2) is 54.6 Å². The third kappa shape index (κ3) is 5.14.